The summed E-state index contributed by atoms with van der Waals surface area (Å²) >= 11 is 5.78. The van der Waals surface area contributed by atoms with Crippen molar-refractivity contribution >= 4 is 17.5 Å². The number of halogens is 2. The molecule has 7 heteroatoms. The summed E-state index contributed by atoms with van der Waals surface area (Å²) in [4.78, 5) is 6.58. The smallest absolute Gasteiger partial charge is 0.245 e. The van der Waals surface area contributed by atoms with E-state index in [2.05, 4.69) is 32.3 Å². The number of piperazine rings is 1. The van der Waals surface area contributed by atoms with E-state index in [0.29, 0.717) is 17.8 Å². The maximum atomic E-state index is 13.2. The van der Waals surface area contributed by atoms with E-state index in [9.17, 15) is 4.39 Å². The van der Waals surface area contributed by atoms with E-state index in [1.807, 2.05) is 0 Å². The van der Waals surface area contributed by atoms with Crippen LogP contribution in [0.3, 0.4) is 0 Å². The first-order valence-corrected chi connectivity index (χ1v) is 6.87. The van der Waals surface area contributed by atoms with E-state index in [0.717, 1.165) is 25.2 Å². The predicted octanol–water partition coefficient (Wildman–Crippen LogP) is 2.06. The largest absolute Gasteiger partial charge is 0.337 e. The van der Waals surface area contributed by atoms with Crippen LogP contribution in [0, 0.1) is 5.82 Å². The molecule has 1 aromatic heterocycles. The average Bonchev–Trinajstić information content (AvgIpc) is 2.92. The lowest BCUT2D eigenvalue weighted by molar-refractivity contribution is 0.480. The number of anilines is 1. The first kappa shape index (κ1) is 13.3. The minimum absolute atomic E-state index is 0.0799. The molecule has 1 unspecified atom stereocenters. The van der Waals surface area contributed by atoms with Crippen LogP contribution in [0.5, 0.6) is 0 Å². The van der Waals surface area contributed by atoms with E-state index >= 15 is 0 Å². The molecule has 1 aromatic carbocycles. The van der Waals surface area contributed by atoms with Gasteiger partial charge in [-0.05, 0) is 25.1 Å². The van der Waals surface area contributed by atoms with Crippen LogP contribution < -0.4 is 10.2 Å². The third-order valence-electron chi connectivity index (χ3n) is 3.32. The van der Waals surface area contributed by atoms with Crippen LogP contribution in [0.25, 0.3) is 11.4 Å². The minimum atomic E-state index is -0.439. The monoisotopic (exact) mass is 295 g/mol. The molecule has 20 heavy (non-hydrogen) atoms. The van der Waals surface area contributed by atoms with Crippen molar-refractivity contribution < 1.29 is 4.39 Å². The molecule has 1 fully saturated rings. The number of aromatic amines is 1. The third kappa shape index (κ3) is 2.62. The van der Waals surface area contributed by atoms with E-state index < -0.39 is 5.82 Å². The molecule has 0 amide bonds. The Morgan fingerprint density at radius 3 is 3.05 bits per heavy atom. The van der Waals surface area contributed by atoms with Crippen molar-refractivity contribution in [3.8, 4) is 11.4 Å². The third-order valence-corrected chi connectivity index (χ3v) is 3.61. The second-order valence-electron chi connectivity index (χ2n) is 4.91. The maximum Gasteiger partial charge on any atom is 0.245 e. The molecule has 0 spiro atoms. The lowest BCUT2D eigenvalue weighted by atomic mass is 10.2. The number of hydrogen-bond acceptors (Lipinski definition) is 4. The van der Waals surface area contributed by atoms with Crippen LogP contribution in [0.15, 0.2) is 18.2 Å². The summed E-state index contributed by atoms with van der Waals surface area (Å²) in [6.07, 6.45) is 0. The number of H-pyrrole nitrogens is 1. The molecule has 2 N–H and O–H groups in total. The predicted molar refractivity (Wildman–Crippen MR) is 76.5 cm³/mol. The normalized spacial score (nSPS) is 19.4. The highest BCUT2D eigenvalue weighted by Gasteiger charge is 2.19. The highest BCUT2D eigenvalue weighted by Crippen LogP contribution is 2.23. The number of rotatable bonds is 2. The fourth-order valence-electron chi connectivity index (χ4n) is 2.28. The molecule has 0 aliphatic carbocycles. The van der Waals surface area contributed by atoms with Gasteiger partial charge in [0.15, 0.2) is 5.82 Å². The Labute approximate surface area is 121 Å². The van der Waals surface area contributed by atoms with Gasteiger partial charge < -0.3 is 10.2 Å². The van der Waals surface area contributed by atoms with Crippen molar-refractivity contribution in [1.82, 2.24) is 20.5 Å². The van der Waals surface area contributed by atoms with Gasteiger partial charge in [-0.2, -0.15) is 4.98 Å². The fourth-order valence-corrected chi connectivity index (χ4v) is 2.46. The van der Waals surface area contributed by atoms with Crippen molar-refractivity contribution in [1.29, 1.82) is 0 Å². The zero-order valence-corrected chi connectivity index (χ0v) is 11.8. The van der Waals surface area contributed by atoms with E-state index in [1.54, 1.807) is 12.1 Å². The van der Waals surface area contributed by atoms with Crippen molar-refractivity contribution in [2.24, 2.45) is 0 Å². The number of hydrogen-bond donors (Lipinski definition) is 2. The molecule has 1 atom stereocenters. The molecule has 1 aliphatic rings. The highest BCUT2D eigenvalue weighted by atomic mass is 35.5. The number of benzene rings is 1. The Balaban J connectivity index is 1.84. The van der Waals surface area contributed by atoms with Crippen LogP contribution in [-0.2, 0) is 0 Å². The molecule has 1 saturated heterocycles. The minimum Gasteiger partial charge on any atom is -0.337 e. The number of nitrogens with one attached hydrogen (secondary N) is 2. The van der Waals surface area contributed by atoms with E-state index in [-0.39, 0.29) is 5.02 Å². The molecule has 0 radical (unpaired) electrons. The topological polar surface area (TPSA) is 56.8 Å². The molecule has 106 valence electrons. The Kier molecular flexibility index (Phi) is 3.58. The summed E-state index contributed by atoms with van der Waals surface area (Å²) in [6, 6.07) is 4.91. The van der Waals surface area contributed by atoms with Crippen molar-refractivity contribution in [3.05, 3.63) is 29.0 Å². The Morgan fingerprint density at radius 1 is 1.45 bits per heavy atom. The molecule has 3 rings (SSSR count). The van der Waals surface area contributed by atoms with Gasteiger partial charge in [0.1, 0.15) is 5.82 Å². The zero-order chi connectivity index (χ0) is 14.1. The first-order valence-electron chi connectivity index (χ1n) is 6.49. The second-order valence-corrected chi connectivity index (χ2v) is 5.32. The van der Waals surface area contributed by atoms with Gasteiger partial charge >= 0.3 is 0 Å². The van der Waals surface area contributed by atoms with Crippen LogP contribution in [0.1, 0.15) is 6.92 Å². The first-order chi connectivity index (χ1) is 9.63. The van der Waals surface area contributed by atoms with Gasteiger partial charge in [-0.15, -0.1) is 5.10 Å². The van der Waals surface area contributed by atoms with E-state index in [1.165, 1.54) is 6.07 Å². The summed E-state index contributed by atoms with van der Waals surface area (Å²) in [6.45, 7) is 4.76. The molecule has 1 aliphatic heterocycles. The van der Waals surface area contributed by atoms with Crippen LogP contribution in [-0.4, -0.2) is 40.9 Å². The molecular formula is C13H15ClFN5. The molecule has 0 bridgehead atoms. The standard InChI is InChI=1S/C13H15ClFN5/c1-8-7-20(5-4-16-8)13-17-12(18-19-13)9-2-3-11(15)10(14)6-9/h2-3,6,8,16H,4-5,7H2,1H3,(H,17,18,19). The number of aromatic nitrogens is 3. The average molecular weight is 296 g/mol. The highest BCUT2D eigenvalue weighted by molar-refractivity contribution is 6.31. The van der Waals surface area contributed by atoms with Gasteiger partial charge in [0.2, 0.25) is 5.95 Å². The quantitative estimate of drug-likeness (QED) is 0.890. The van der Waals surface area contributed by atoms with Gasteiger partial charge in [0.25, 0.3) is 0 Å². The lowest BCUT2D eigenvalue weighted by Gasteiger charge is -2.30. The van der Waals surface area contributed by atoms with Crippen LogP contribution in [0.4, 0.5) is 10.3 Å². The Hall–Kier alpha value is -1.66. The van der Waals surface area contributed by atoms with Crippen molar-refractivity contribution in [2.75, 3.05) is 24.5 Å². The zero-order valence-electron chi connectivity index (χ0n) is 11.0. The maximum absolute atomic E-state index is 13.2. The summed E-state index contributed by atoms with van der Waals surface area (Å²) in [5.74, 6) is 0.813. The molecule has 2 heterocycles. The van der Waals surface area contributed by atoms with Crippen LogP contribution >= 0.6 is 11.6 Å². The second kappa shape index (κ2) is 5.38. The summed E-state index contributed by atoms with van der Waals surface area (Å²) in [5, 5.41) is 10.6. The number of nitrogens with zero attached hydrogens (tertiary/aromatic N) is 3. The fraction of sp³-hybridized carbons (Fsp3) is 0.385. The molecular weight excluding hydrogens is 281 g/mol. The molecule has 5 nitrogen and oxygen atoms in total. The van der Waals surface area contributed by atoms with E-state index in [4.69, 9.17) is 11.6 Å². The molecule has 0 saturated carbocycles. The summed E-state index contributed by atoms with van der Waals surface area (Å²) in [5.41, 5.74) is 0.721. The Bertz CT molecular complexity index is 615. The van der Waals surface area contributed by atoms with Gasteiger partial charge in [0, 0.05) is 31.2 Å². The SMILES string of the molecule is CC1CN(c2n[nH]c(-c3ccc(F)c(Cl)c3)n2)CCN1. The Morgan fingerprint density at radius 2 is 2.30 bits per heavy atom. The molecule has 2 aromatic rings. The lowest BCUT2D eigenvalue weighted by Crippen LogP contribution is -2.49. The van der Waals surface area contributed by atoms with Crippen LogP contribution in [0.2, 0.25) is 5.02 Å². The summed E-state index contributed by atoms with van der Waals surface area (Å²) in [7, 11) is 0. The van der Waals surface area contributed by atoms with Gasteiger partial charge in [-0.3, -0.25) is 5.10 Å². The van der Waals surface area contributed by atoms with Gasteiger partial charge in [-0.1, -0.05) is 11.6 Å². The van der Waals surface area contributed by atoms with Gasteiger partial charge in [0.05, 0.1) is 5.02 Å². The van der Waals surface area contributed by atoms with Crippen molar-refractivity contribution in [3.63, 3.8) is 0 Å². The van der Waals surface area contributed by atoms with Crippen molar-refractivity contribution in [2.45, 2.75) is 13.0 Å². The summed E-state index contributed by atoms with van der Waals surface area (Å²) < 4.78 is 13.2. The van der Waals surface area contributed by atoms with Gasteiger partial charge in [-0.25, -0.2) is 4.39 Å².